The van der Waals surface area contributed by atoms with Gasteiger partial charge in [0, 0.05) is 51.9 Å². The number of amides is 2. The van der Waals surface area contributed by atoms with Crippen LogP contribution in [0.5, 0.6) is 0 Å². The maximum atomic E-state index is 10.5. The third-order valence-corrected chi connectivity index (χ3v) is 2.35. The minimum atomic E-state index is -0.0143. The number of methoxy groups -OCH3 is 1. The van der Waals surface area contributed by atoms with Crippen molar-refractivity contribution in [1.29, 1.82) is 0 Å². The SMILES string of the molecule is CC.CC.CC(=O)NCCc1ccccn1.CCC.COC[C@H](C)NC(C)=O. The van der Waals surface area contributed by atoms with Crippen LogP contribution in [0.4, 0.5) is 0 Å². The molecule has 0 fully saturated rings. The molecule has 0 saturated carbocycles. The van der Waals surface area contributed by atoms with E-state index >= 15 is 0 Å². The Morgan fingerprint density at radius 1 is 1.07 bits per heavy atom. The fourth-order valence-electron chi connectivity index (χ4n) is 1.55. The van der Waals surface area contributed by atoms with Crippen LogP contribution in [0.3, 0.4) is 0 Å². The van der Waals surface area contributed by atoms with E-state index in [0.717, 1.165) is 12.1 Å². The molecule has 1 rings (SSSR count). The second-order valence-electron chi connectivity index (χ2n) is 5.32. The zero-order valence-corrected chi connectivity index (χ0v) is 19.9. The van der Waals surface area contributed by atoms with E-state index in [0.29, 0.717) is 13.2 Å². The van der Waals surface area contributed by atoms with Gasteiger partial charge in [-0.1, -0.05) is 54.0 Å². The molecule has 166 valence electrons. The van der Waals surface area contributed by atoms with E-state index in [9.17, 15) is 9.59 Å². The average Bonchev–Trinajstić information content (AvgIpc) is 2.66. The van der Waals surface area contributed by atoms with E-state index in [1.807, 2.05) is 52.8 Å². The summed E-state index contributed by atoms with van der Waals surface area (Å²) in [7, 11) is 1.61. The van der Waals surface area contributed by atoms with Gasteiger partial charge in [0.1, 0.15) is 0 Å². The lowest BCUT2D eigenvalue weighted by Crippen LogP contribution is -2.33. The summed E-state index contributed by atoms with van der Waals surface area (Å²) < 4.78 is 4.79. The largest absolute Gasteiger partial charge is 0.383 e. The second kappa shape index (κ2) is 29.8. The quantitative estimate of drug-likeness (QED) is 0.743. The van der Waals surface area contributed by atoms with Gasteiger partial charge in [0.15, 0.2) is 0 Å². The monoisotopic (exact) mass is 399 g/mol. The molecule has 2 N–H and O–H groups in total. The minimum Gasteiger partial charge on any atom is -0.383 e. The normalized spacial score (nSPS) is 9.21. The van der Waals surface area contributed by atoms with E-state index in [1.165, 1.54) is 20.3 Å². The Hall–Kier alpha value is -1.95. The maximum Gasteiger partial charge on any atom is 0.217 e. The number of carbonyl (C=O) groups is 2. The Morgan fingerprint density at radius 3 is 1.96 bits per heavy atom. The van der Waals surface area contributed by atoms with Crippen molar-refractivity contribution in [1.82, 2.24) is 15.6 Å². The summed E-state index contributed by atoms with van der Waals surface area (Å²) in [6, 6.07) is 5.88. The minimum absolute atomic E-state index is 0.00549. The third kappa shape index (κ3) is 35.2. The molecule has 28 heavy (non-hydrogen) atoms. The highest BCUT2D eigenvalue weighted by atomic mass is 16.5. The number of hydrogen-bond donors (Lipinski definition) is 2. The van der Waals surface area contributed by atoms with E-state index in [4.69, 9.17) is 4.74 Å². The zero-order chi connectivity index (χ0) is 22.8. The maximum absolute atomic E-state index is 10.5. The van der Waals surface area contributed by atoms with Gasteiger partial charge in [-0.05, 0) is 19.1 Å². The summed E-state index contributed by atoms with van der Waals surface area (Å²) in [6.45, 7) is 18.4. The number of aromatic nitrogens is 1. The molecule has 0 spiro atoms. The molecule has 1 aromatic heterocycles. The van der Waals surface area contributed by atoms with E-state index < -0.39 is 0 Å². The molecule has 0 aliphatic rings. The first-order valence-corrected chi connectivity index (χ1v) is 10.3. The smallest absolute Gasteiger partial charge is 0.217 e. The lowest BCUT2D eigenvalue weighted by Gasteiger charge is -2.09. The van der Waals surface area contributed by atoms with Crippen LogP contribution < -0.4 is 10.6 Å². The van der Waals surface area contributed by atoms with Crippen molar-refractivity contribution in [3.8, 4) is 0 Å². The predicted molar refractivity (Wildman–Crippen MR) is 120 cm³/mol. The topological polar surface area (TPSA) is 80.3 Å². The summed E-state index contributed by atoms with van der Waals surface area (Å²) in [4.78, 5) is 25.0. The van der Waals surface area contributed by atoms with Crippen molar-refractivity contribution in [2.24, 2.45) is 0 Å². The first-order valence-electron chi connectivity index (χ1n) is 10.3. The van der Waals surface area contributed by atoms with Crippen molar-refractivity contribution in [2.75, 3.05) is 20.3 Å². The van der Waals surface area contributed by atoms with Gasteiger partial charge < -0.3 is 15.4 Å². The van der Waals surface area contributed by atoms with E-state index in [2.05, 4.69) is 29.5 Å². The molecule has 6 heteroatoms. The van der Waals surface area contributed by atoms with Crippen LogP contribution in [0.2, 0.25) is 0 Å². The Bertz CT molecular complexity index is 426. The van der Waals surface area contributed by atoms with Crippen LogP contribution in [0, 0.1) is 0 Å². The molecule has 0 aliphatic carbocycles. The number of ether oxygens (including phenoxy) is 1. The standard InChI is InChI=1S/C9H12N2O.C6H13NO2.C3H8.2C2H6/c1-8(12)10-7-5-9-4-2-3-6-11-9;1-5(4-9-3)7-6(2)8;1-3-2;2*1-2/h2-4,6H,5,7H2,1H3,(H,10,12);5H,4H2,1-3H3,(H,7,8);3H2,1-2H3;2*1-2H3/t;5-;;;/m.0.../s1. The van der Waals surface area contributed by atoms with Crippen molar-refractivity contribution < 1.29 is 14.3 Å². The fourth-order valence-corrected chi connectivity index (χ4v) is 1.55. The Balaban J connectivity index is -0.000000159. The van der Waals surface area contributed by atoms with Gasteiger partial charge >= 0.3 is 0 Å². The summed E-state index contributed by atoms with van der Waals surface area (Å²) >= 11 is 0. The van der Waals surface area contributed by atoms with Crippen LogP contribution in [-0.4, -0.2) is 43.1 Å². The van der Waals surface area contributed by atoms with Gasteiger partial charge in [-0.2, -0.15) is 0 Å². The molecule has 1 aromatic rings. The molecule has 2 amide bonds. The van der Waals surface area contributed by atoms with Crippen LogP contribution in [0.1, 0.15) is 74.4 Å². The molecular weight excluding hydrogens is 354 g/mol. The number of rotatable bonds is 6. The molecule has 6 nitrogen and oxygen atoms in total. The lowest BCUT2D eigenvalue weighted by atomic mass is 10.3. The summed E-state index contributed by atoms with van der Waals surface area (Å²) in [5.41, 5.74) is 1.01. The highest BCUT2D eigenvalue weighted by Gasteiger charge is 1.99. The Labute approximate surface area is 173 Å². The first-order chi connectivity index (χ1) is 13.4. The lowest BCUT2D eigenvalue weighted by molar-refractivity contribution is -0.120. The molecular formula is C22H45N3O3. The summed E-state index contributed by atoms with van der Waals surface area (Å²) in [5.74, 6) is -0.00881. The van der Waals surface area contributed by atoms with E-state index in [-0.39, 0.29) is 17.9 Å². The average molecular weight is 400 g/mol. The number of pyridine rings is 1. The van der Waals surface area contributed by atoms with Crippen molar-refractivity contribution in [3.05, 3.63) is 30.1 Å². The van der Waals surface area contributed by atoms with Crippen molar-refractivity contribution in [2.45, 2.75) is 81.2 Å². The first kappa shape index (κ1) is 33.6. The molecule has 0 bridgehead atoms. The number of nitrogens with zero attached hydrogens (tertiary/aromatic N) is 1. The molecule has 0 aromatic carbocycles. The summed E-state index contributed by atoms with van der Waals surface area (Å²) in [5, 5.41) is 5.39. The van der Waals surface area contributed by atoms with Gasteiger partial charge in [-0.25, -0.2) is 0 Å². The molecule has 1 atom stereocenters. The molecule has 0 unspecified atom stereocenters. The van der Waals surface area contributed by atoms with Gasteiger partial charge in [0.25, 0.3) is 0 Å². The highest BCUT2D eigenvalue weighted by Crippen LogP contribution is 1.92. The Morgan fingerprint density at radius 2 is 1.61 bits per heavy atom. The van der Waals surface area contributed by atoms with Gasteiger partial charge in [-0.15, -0.1) is 0 Å². The number of carbonyl (C=O) groups excluding carboxylic acids is 2. The van der Waals surface area contributed by atoms with Gasteiger partial charge in [-0.3, -0.25) is 14.6 Å². The number of hydrogen-bond acceptors (Lipinski definition) is 4. The number of nitrogens with one attached hydrogen (secondary N) is 2. The zero-order valence-electron chi connectivity index (χ0n) is 19.9. The van der Waals surface area contributed by atoms with Gasteiger partial charge in [0.2, 0.25) is 11.8 Å². The fraction of sp³-hybridized carbons (Fsp3) is 0.682. The Kier molecular flexibility index (Phi) is 35.8. The third-order valence-electron chi connectivity index (χ3n) is 2.35. The van der Waals surface area contributed by atoms with Crippen LogP contribution in [-0.2, 0) is 20.7 Å². The molecule has 1 heterocycles. The highest BCUT2D eigenvalue weighted by molar-refractivity contribution is 5.73. The van der Waals surface area contributed by atoms with Crippen LogP contribution in [0.15, 0.2) is 24.4 Å². The van der Waals surface area contributed by atoms with E-state index in [1.54, 1.807) is 13.3 Å². The van der Waals surface area contributed by atoms with Crippen molar-refractivity contribution >= 4 is 11.8 Å². The molecule has 0 aliphatic heterocycles. The van der Waals surface area contributed by atoms with Gasteiger partial charge in [0.05, 0.1) is 6.61 Å². The van der Waals surface area contributed by atoms with Crippen LogP contribution >= 0.6 is 0 Å². The second-order valence-corrected chi connectivity index (χ2v) is 5.32. The summed E-state index contributed by atoms with van der Waals surface area (Å²) in [6.07, 6.45) is 3.80. The van der Waals surface area contributed by atoms with Crippen molar-refractivity contribution in [3.63, 3.8) is 0 Å². The molecule has 0 radical (unpaired) electrons. The van der Waals surface area contributed by atoms with Crippen LogP contribution in [0.25, 0.3) is 0 Å². The molecule has 0 saturated heterocycles. The predicted octanol–water partition coefficient (Wildman–Crippen LogP) is 4.39.